The highest BCUT2D eigenvalue weighted by Gasteiger charge is 2.17. The summed E-state index contributed by atoms with van der Waals surface area (Å²) in [6.45, 7) is 6.05. The monoisotopic (exact) mass is 398 g/mol. The van der Waals surface area contributed by atoms with Crippen molar-refractivity contribution in [2.45, 2.75) is 27.2 Å². The molecule has 0 amide bonds. The van der Waals surface area contributed by atoms with Gasteiger partial charge in [-0.1, -0.05) is 19.1 Å². The minimum atomic E-state index is 0.628. The van der Waals surface area contributed by atoms with Crippen molar-refractivity contribution >= 4 is 11.6 Å². The highest BCUT2D eigenvalue weighted by Crippen LogP contribution is 2.31. The molecule has 0 radical (unpaired) electrons. The van der Waals surface area contributed by atoms with E-state index >= 15 is 0 Å². The second kappa shape index (κ2) is 7.79. The van der Waals surface area contributed by atoms with E-state index in [-0.39, 0.29) is 0 Å². The molecule has 30 heavy (non-hydrogen) atoms. The number of aryl methyl sites for hydroxylation is 3. The summed E-state index contributed by atoms with van der Waals surface area (Å²) in [7, 11) is 1.90. The Morgan fingerprint density at radius 1 is 1.07 bits per heavy atom. The van der Waals surface area contributed by atoms with Gasteiger partial charge >= 0.3 is 0 Å². The summed E-state index contributed by atoms with van der Waals surface area (Å²) in [5, 5.41) is 21.6. The van der Waals surface area contributed by atoms with Crippen molar-refractivity contribution in [2.75, 3.05) is 5.32 Å². The molecule has 3 heterocycles. The molecule has 4 rings (SSSR count). The van der Waals surface area contributed by atoms with E-state index in [1.807, 2.05) is 62.0 Å². The fourth-order valence-electron chi connectivity index (χ4n) is 3.51. The molecule has 8 heteroatoms. The molecule has 0 unspecified atom stereocenters. The Kier molecular flexibility index (Phi) is 5.02. The summed E-state index contributed by atoms with van der Waals surface area (Å²) in [5.41, 5.74) is 5.51. The third-order valence-corrected chi connectivity index (χ3v) is 4.91. The van der Waals surface area contributed by atoms with Gasteiger partial charge in [0.2, 0.25) is 0 Å². The van der Waals surface area contributed by atoms with Crippen LogP contribution in [0.5, 0.6) is 0 Å². The second-order valence-electron chi connectivity index (χ2n) is 7.07. The molecule has 0 saturated heterocycles. The predicted molar refractivity (Wildman–Crippen MR) is 115 cm³/mol. The topological polar surface area (TPSA) is 97.2 Å². The van der Waals surface area contributed by atoms with Crippen molar-refractivity contribution in [1.29, 1.82) is 5.26 Å². The van der Waals surface area contributed by atoms with Crippen LogP contribution in [0.3, 0.4) is 0 Å². The van der Waals surface area contributed by atoms with Gasteiger partial charge in [0.05, 0.1) is 23.0 Å². The number of nitriles is 1. The van der Waals surface area contributed by atoms with E-state index in [1.165, 1.54) is 6.33 Å². The maximum atomic E-state index is 9.04. The maximum Gasteiger partial charge on any atom is 0.159 e. The first-order valence-electron chi connectivity index (χ1n) is 9.69. The first-order valence-corrected chi connectivity index (χ1v) is 9.69. The molecule has 0 aliphatic rings. The molecule has 0 aliphatic carbocycles. The second-order valence-corrected chi connectivity index (χ2v) is 7.07. The van der Waals surface area contributed by atoms with Crippen molar-refractivity contribution in [3.63, 3.8) is 0 Å². The molecule has 0 bridgehead atoms. The van der Waals surface area contributed by atoms with Crippen LogP contribution in [0.15, 0.2) is 42.7 Å². The van der Waals surface area contributed by atoms with Gasteiger partial charge in [-0.2, -0.15) is 15.5 Å². The molecule has 0 atom stereocenters. The third-order valence-electron chi connectivity index (χ3n) is 4.91. The van der Waals surface area contributed by atoms with E-state index < -0.39 is 0 Å². The molecule has 8 nitrogen and oxygen atoms in total. The van der Waals surface area contributed by atoms with Crippen LogP contribution in [0.2, 0.25) is 0 Å². The van der Waals surface area contributed by atoms with Gasteiger partial charge in [-0.15, -0.1) is 0 Å². The fourth-order valence-corrected chi connectivity index (χ4v) is 3.51. The van der Waals surface area contributed by atoms with E-state index in [0.29, 0.717) is 17.2 Å². The van der Waals surface area contributed by atoms with Gasteiger partial charge in [-0.3, -0.25) is 4.68 Å². The van der Waals surface area contributed by atoms with Crippen LogP contribution in [-0.4, -0.2) is 29.5 Å². The number of nitrogens with zero attached hydrogens (tertiary/aromatic N) is 7. The SMILES string of the molecule is CCc1c(-c2ccc(C#N)cc2)nn(C)c1Nc1cc(-n2nc(C)cc2C)ncn1. The Morgan fingerprint density at radius 2 is 1.83 bits per heavy atom. The molecule has 0 fully saturated rings. The largest absolute Gasteiger partial charge is 0.325 e. The Morgan fingerprint density at radius 3 is 2.47 bits per heavy atom. The van der Waals surface area contributed by atoms with Crippen molar-refractivity contribution in [1.82, 2.24) is 29.5 Å². The van der Waals surface area contributed by atoms with Gasteiger partial charge in [-0.05, 0) is 38.5 Å². The summed E-state index contributed by atoms with van der Waals surface area (Å²) >= 11 is 0. The average molecular weight is 398 g/mol. The lowest BCUT2D eigenvalue weighted by Crippen LogP contribution is -2.06. The van der Waals surface area contributed by atoms with Gasteiger partial charge in [-0.25, -0.2) is 14.6 Å². The molecule has 4 aromatic rings. The van der Waals surface area contributed by atoms with Gasteiger partial charge in [0, 0.05) is 29.9 Å². The van der Waals surface area contributed by atoms with Gasteiger partial charge in [0.1, 0.15) is 18.0 Å². The summed E-state index contributed by atoms with van der Waals surface area (Å²) < 4.78 is 3.62. The smallest absolute Gasteiger partial charge is 0.159 e. The lowest BCUT2D eigenvalue weighted by molar-refractivity contribution is 0.777. The Balaban J connectivity index is 1.70. The van der Waals surface area contributed by atoms with Crippen molar-refractivity contribution in [3.8, 4) is 23.1 Å². The highest BCUT2D eigenvalue weighted by atomic mass is 15.3. The van der Waals surface area contributed by atoms with E-state index in [4.69, 9.17) is 10.4 Å². The number of benzene rings is 1. The van der Waals surface area contributed by atoms with Crippen LogP contribution < -0.4 is 5.32 Å². The number of aromatic nitrogens is 6. The van der Waals surface area contributed by atoms with Crippen LogP contribution in [-0.2, 0) is 13.5 Å². The number of nitrogens with one attached hydrogen (secondary N) is 1. The molecule has 0 saturated carbocycles. The minimum absolute atomic E-state index is 0.628. The number of hydrogen-bond acceptors (Lipinski definition) is 6. The molecule has 0 aliphatic heterocycles. The van der Waals surface area contributed by atoms with E-state index in [0.717, 1.165) is 40.4 Å². The maximum absolute atomic E-state index is 9.04. The Labute approximate surface area is 174 Å². The summed E-state index contributed by atoms with van der Waals surface area (Å²) in [6.07, 6.45) is 2.32. The van der Waals surface area contributed by atoms with E-state index in [9.17, 15) is 0 Å². The van der Waals surface area contributed by atoms with Gasteiger partial charge in [0.25, 0.3) is 0 Å². The predicted octanol–water partition coefficient (Wildman–Crippen LogP) is 3.86. The standard InChI is InChI=1S/C22H22N8/c1-5-18-21(17-8-6-16(12-23)7-9-17)28-29(4)22(18)26-19-11-20(25-13-24-19)30-15(3)10-14(2)27-30/h6-11,13H,5H2,1-4H3,(H,24,25,26). The van der Waals surface area contributed by atoms with Crippen molar-refractivity contribution in [2.24, 2.45) is 7.05 Å². The number of hydrogen-bond donors (Lipinski definition) is 1. The minimum Gasteiger partial charge on any atom is -0.325 e. The molecule has 1 aromatic carbocycles. The van der Waals surface area contributed by atoms with E-state index in [1.54, 1.807) is 4.68 Å². The summed E-state index contributed by atoms with van der Waals surface area (Å²) in [6, 6.07) is 13.5. The van der Waals surface area contributed by atoms with Crippen molar-refractivity contribution < 1.29 is 0 Å². The molecule has 3 aromatic heterocycles. The lowest BCUT2D eigenvalue weighted by Gasteiger charge is -2.10. The summed E-state index contributed by atoms with van der Waals surface area (Å²) in [4.78, 5) is 8.74. The first-order chi connectivity index (χ1) is 14.5. The zero-order valence-corrected chi connectivity index (χ0v) is 17.4. The first kappa shape index (κ1) is 19.3. The number of rotatable bonds is 5. The van der Waals surface area contributed by atoms with Crippen LogP contribution >= 0.6 is 0 Å². The van der Waals surface area contributed by atoms with Crippen LogP contribution in [0.25, 0.3) is 17.1 Å². The van der Waals surface area contributed by atoms with E-state index in [2.05, 4.69) is 33.4 Å². The highest BCUT2D eigenvalue weighted by molar-refractivity contribution is 5.72. The van der Waals surface area contributed by atoms with Crippen LogP contribution in [0.4, 0.5) is 11.6 Å². The normalized spacial score (nSPS) is 10.8. The zero-order chi connectivity index (χ0) is 21.3. The van der Waals surface area contributed by atoms with Crippen LogP contribution in [0.1, 0.15) is 29.4 Å². The molecule has 1 N–H and O–H groups in total. The van der Waals surface area contributed by atoms with Gasteiger partial charge < -0.3 is 5.32 Å². The quantitative estimate of drug-likeness (QED) is 0.548. The Bertz CT molecular complexity index is 1240. The molecular weight excluding hydrogens is 376 g/mol. The summed E-state index contributed by atoms with van der Waals surface area (Å²) in [5.74, 6) is 2.23. The third kappa shape index (κ3) is 3.53. The average Bonchev–Trinajstić information content (AvgIpc) is 3.26. The molecule has 0 spiro atoms. The number of anilines is 2. The zero-order valence-electron chi connectivity index (χ0n) is 17.4. The Hall–Kier alpha value is -3.99. The van der Waals surface area contributed by atoms with Crippen molar-refractivity contribution in [3.05, 3.63) is 65.2 Å². The van der Waals surface area contributed by atoms with Gasteiger partial charge in [0.15, 0.2) is 5.82 Å². The fraction of sp³-hybridized carbons (Fsp3) is 0.227. The van der Waals surface area contributed by atoms with Crippen LogP contribution in [0, 0.1) is 25.2 Å². The lowest BCUT2D eigenvalue weighted by atomic mass is 10.0. The molecule has 150 valence electrons. The molecular formula is C22H22N8.